The average Bonchev–Trinajstić information content (AvgIpc) is 3.21. The Labute approximate surface area is 210 Å². The Balaban J connectivity index is 1.74. The van der Waals surface area contributed by atoms with Crippen LogP contribution in [0, 0.1) is 6.85 Å². The summed E-state index contributed by atoms with van der Waals surface area (Å²) in [5.41, 5.74) is 5.90. The number of nitrogens with zero attached hydrogens (tertiary/aromatic N) is 1. The molecule has 0 radical (unpaired) electrons. The summed E-state index contributed by atoms with van der Waals surface area (Å²) in [4.78, 5) is 5.87. The van der Waals surface area contributed by atoms with Gasteiger partial charge in [-0.25, -0.2) is 0 Å². The quantitative estimate of drug-likeness (QED) is 0.215. The van der Waals surface area contributed by atoms with E-state index in [1.807, 2.05) is 30.3 Å². The number of hydrogen-bond donors (Lipinski definition) is 0. The molecule has 0 fully saturated rings. The van der Waals surface area contributed by atoms with Gasteiger partial charge in [-0.1, -0.05) is 0 Å². The molecule has 0 atom stereocenters. The fourth-order valence-corrected chi connectivity index (χ4v) is 29.0. The molecule has 4 heteroatoms. The van der Waals surface area contributed by atoms with Gasteiger partial charge in [-0.15, -0.1) is 0 Å². The second kappa shape index (κ2) is 8.54. The summed E-state index contributed by atoms with van der Waals surface area (Å²) in [5, 5.41) is 2.10. The first-order valence-corrected chi connectivity index (χ1v) is 22.3. The number of aromatic nitrogens is 1. The van der Waals surface area contributed by atoms with Crippen molar-refractivity contribution in [2.45, 2.75) is 42.9 Å². The van der Waals surface area contributed by atoms with Crippen LogP contribution in [-0.4, -0.2) is 26.3 Å². The second-order valence-electron chi connectivity index (χ2n) is 11.1. The van der Waals surface area contributed by atoms with Gasteiger partial charge in [0.25, 0.3) is 0 Å². The van der Waals surface area contributed by atoms with Gasteiger partial charge >= 0.3 is 211 Å². The molecule has 5 rings (SSSR count). The zero-order valence-corrected chi connectivity index (χ0v) is 23.7. The fourth-order valence-electron chi connectivity index (χ4n) is 5.45. The van der Waals surface area contributed by atoms with Gasteiger partial charge in [-0.2, -0.15) is 0 Å². The van der Waals surface area contributed by atoms with Crippen LogP contribution in [0.15, 0.2) is 83.4 Å². The van der Waals surface area contributed by atoms with E-state index in [4.69, 9.17) is 13.5 Å². The van der Waals surface area contributed by atoms with E-state index in [-0.39, 0.29) is 0 Å². The molecule has 0 spiro atoms. The van der Waals surface area contributed by atoms with E-state index >= 15 is 0 Å². The van der Waals surface area contributed by atoms with Crippen LogP contribution in [0.1, 0.15) is 9.68 Å². The average molecular weight is 527 g/mol. The number of aryl methyl sites for hydroxylation is 1. The minimum absolute atomic E-state index is 0.419. The molecule has 5 aromatic rings. The third-order valence-corrected chi connectivity index (χ3v) is 24.6. The minimum atomic E-state index is -2.67. The van der Waals surface area contributed by atoms with E-state index in [9.17, 15) is 0 Å². The Morgan fingerprint density at radius 1 is 0.853 bits per heavy atom. The van der Waals surface area contributed by atoms with Crippen molar-refractivity contribution in [2.24, 2.45) is 0 Å². The summed E-state index contributed by atoms with van der Waals surface area (Å²) in [6.07, 6.45) is 1.60. The van der Waals surface area contributed by atoms with Crippen molar-refractivity contribution in [3.63, 3.8) is 0 Å². The maximum atomic E-state index is 8.23. The van der Waals surface area contributed by atoms with Crippen molar-refractivity contribution in [1.29, 1.82) is 0 Å². The number of benzene rings is 3. The van der Waals surface area contributed by atoms with E-state index in [1.54, 1.807) is 6.20 Å². The molecule has 2 nitrogen and oxygen atoms in total. The van der Waals surface area contributed by atoms with E-state index in [1.165, 1.54) is 0 Å². The molecule has 2 heterocycles. The Kier molecular flexibility index (Phi) is 4.94. The number of rotatable bonds is 5. The van der Waals surface area contributed by atoms with Gasteiger partial charge in [0.1, 0.15) is 0 Å². The molecule has 0 saturated carbocycles. The first-order chi connectivity index (χ1) is 17.4. The molecule has 3 aromatic carbocycles. The zero-order valence-electron chi connectivity index (χ0n) is 23.6. The van der Waals surface area contributed by atoms with Crippen LogP contribution in [0.25, 0.3) is 44.3 Å². The molecular weight excluding hydrogens is 491 g/mol. The first kappa shape index (κ1) is 19.7. The van der Waals surface area contributed by atoms with Gasteiger partial charge in [-0.05, 0) is 0 Å². The molecule has 0 bridgehead atoms. The topological polar surface area (TPSA) is 26.0 Å². The molecule has 0 saturated heterocycles. The summed E-state index contributed by atoms with van der Waals surface area (Å²) in [6, 6.07) is 24.8. The summed E-state index contributed by atoms with van der Waals surface area (Å²) < 4.78 is 32.3. The Morgan fingerprint density at radius 3 is 2.15 bits per heavy atom. The van der Waals surface area contributed by atoms with E-state index in [2.05, 4.69) is 73.6 Å². The molecule has 0 unspecified atom stereocenters. The van der Waals surface area contributed by atoms with E-state index in [0.29, 0.717) is 5.56 Å². The Morgan fingerprint density at radius 2 is 1.50 bits per heavy atom. The third kappa shape index (κ3) is 4.27. The summed E-state index contributed by atoms with van der Waals surface area (Å²) >= 11 is -2.67. The fraction of sp³-hybridized carbons (Fsp3) is 0.233. The number of para-hydroxylation sites is 2. The molecule has 0 aliphatic rings. The van der Waals surface area contributed by atoms with Crippen molar-refractivity contribution in [3.05, 3.63) is 84.6 Å². The van der Waals surface area contributed by atoms with Crippen molar-refractivity contribution in [2.75, 3.05) is 0 Å². The molecule has 0 aliphatic heterocycles. The van der Waals surface area contributed by atoms with Crippen molar-refractivity contribution >= 4 is 47.7 Å². The van der Waals surface area contributed by atoms with Crippen molar-refractivity contribution < 1.29 is 8.53 Å². The second-order valence-corrected chi connectivity index (χ2v) is 27.8. The summed E-state index contributed by atoms with van der Waals surface area (Å²) in [5.74, 6) is 4.70. The summed E-state index contributed by atoms with van der Waals surface area (Å²) in [7, 11) is -1.40. The molecule has 172 valence electrons. The van der Waals surface area contributed by atoms with Gasteiger partial charge in [-0.3, -0.25) is 0 Å². The zero-order chi connectivity index (χ0) is 26.6. The van der Waals surface area contributed by atoms with Crippen LogP contribution in [0.5, 0.6) is 0 Å². The molecule has 0 aliphatic carbocycles. The van der Waals surface area contributed by atoms with Crippen LogP contribution in [-0.2, 0) is 0 Å². The van der Waals surface area contributed by atoms with Gasteiger partial charge in [0.05, 0.1) is 0 Å². The van der Waals surface area contributed by atoms with Crippen molar-refractivity contribution in [1.82, 2.24) is 4.98 Å². The summed E-state index contributed by atoms with van der Waals surface area (Å²) in [6.45, 7) is 4.93. The predicted octanol–water partition coefficient (Wildman–Crippen LogP) is 8.42. The Bertz CT molecular complexity index is 1600. The first-order valence-electron chi connectivity index (χ1n) is 13.4. The van der Waals surface area contributed by atoms with Gasteiger partial charge in [0, 0.05) is 0 Å². The standard InChI is InChI=1S/C30H33GeNOSi/c1-21-19-32-28(18-27(21)31(2,3)20-34(4,5)6)26-17-11-16-25-24-15-10-14-23(29(24)33-30(25)26)22-12-8-7-9-13-22/h7-19H,20H2,1-6H3/i1D3. The monoisotopic (exact) mass is 528 g/mol. The normalized spacial score (nSPS) is 14.2. The van der Waals surface area contributed by atoms with Crippen LogP contribution in [0.3, 0.4) is 0 Å². The maximum absolute atomic E-state index is 8.23. The van der Waals surface area contributed by atoms with E-state index < -0.39 is 28.2 Å². The van der Waals surface area contributed by atoms with Crippen LogP contribution >= 0.6 is 0 Å². The number of furan rings is 1. The number of fused-ring (bicyclic) bond motifs is 3. The SMILES string of the molecule is [2H]C([2H])([2H])c1cnc(-c2cccc3c2oc2c(-c4ccccc4)cccc23)c[c]1[Ge]([CH3])([CH3])[CH2][Si](C)(C)C. The van der Waals surface area contributed by atoms with Crippen LogP contribution in [0.4, 0.5) is 0 Å². The predicted molar refractivity (Wildman–Crippen MR) is 152 cm³/mol. The molecule has 0 amide bonds. The third-order valence-electron chi connectivity index (χ3n) is 6.49. The molecule has 0 N–H and O–H groups in total. The number of pyridine rings is 1. The molecule has 2 aromatic heterocycles. The van der Waals surface area contributed by atoms with Gasteiger partial charge in [0.15, 0.2) is 0 Å². The van der Waals surface area contributed by atoms with Crippen LogP contribution < -0.4 is 4.40 Å². The Hall–Kier alpha value is -2.63. The van der Waals surface area contributed by atoms with E-state index in [0.717, 1.165) is 53.6 Å². The molecular formula is C30H33GeNOSi. The van der Waals surface area contributed by atoms with Gasteiger partial charge in [0.2, 0.25) is 0 Å². The van der Waals surface area contributed by atoms with Crippen LogP contribution in [0.2, 0.25) is 36.0 Å². The number of hydrogen-bond acceptors (Lipinski definition) is 2. The van der Waals surface area contributed by atoms with Gasteiger partial charge < -0.3 is 0 Å². The van der Waals surface area contributed by atoms with Crippen molar-refractivity contribution in [3.8, 4) is 22.4 Å². The molecule has 34 heavy (non-hydrogen) atoms.